The van der Waals surface area contributed by atoms with Crippen LogP contribution in [0.3, 0.4) is 0 Å². The number of nitrogens with zero attached hydrogens (tertiary/aromatic N) is 3. The molecule has 8 nitrogen and oxygen atoms in total. The fourth-order valence-electron chi connectivity index (χ4n) is 3.48. The van der Waals surface area contributed by atoms with Crippen LogP contribution in [-0.4, -0.2) is 47.2 Å². The molecule has 3 aromatic rings. The molecule has 36 heavy (non-hydrogen) atoms. The molecule has 0 aliphatic heterocycles. The summed E-state index contributed by atoms with van der Waals surface area (Å²) in [5, 5.41) is 15.2. The predicted molar refractivity (Wildman–Crippen MR) is 126 cm³/mol. The summed E-state index contributed by atoms with van der Waals surface area (Å²) in [6.45, 7) is -3.91. The number of fused-ring (bicyclic) bond motifs is 1. The Morgan fingerprint density at radius 3 is 2.53 bits per heavy atom. The Morgan fingerprint density at radius 1 is 1.11 bits per heavy atom. The van der Waals surface area contributed by atoms with Gasteiger partial charge in [-0.3, -0.25) is 4.79 Å². The van der Waals surface area contributed by atoms with Crippen molar-refractivity contribution in [3.63, 3.8) is 0 Å². The molecule has 2 aromatic heterocycles. The third-order valence-corrected chi connectivity index (χ3v) is 5.00. The fraction of sp³-hybridized carbons (Fsp3) is 0.167. The first-order valence-electron chi connectivity index (χ1n) is 10.5. The van der Waals surface area contributed by atoms with Crippen molar-refractivity contribution < 1.29 is 27.0 Å². The summed E-state index contributed by atoms with van der Waals surface area (Å²) in [7, 11) is 1.67. The number of alkyl halides is 4. The van der Waals surface area contributed by atoms with Crippen molar-refractivity contribution in [3.05, 3.63) is 76.8 Å². The molecule has 0 fully saturated rings. The van der Waals surface area contributed by atoms with Gasteiger partial charge in [0.1, 0.15) is 16.8 Å². The fourth-order valence-corrected chi connectivity index (χ4v) is 3.48. The van der Waals surface area contributed by atoms with Gasteiger partial charge in [-0.2, -0.15) is 18.6 Å². The standard InChI is InChI=1S/C24H19F4N5O3/c1-30-11-14-10-15(4-7-17(14)29)33-23(34)21(13-2-5-16(6-3-13)36-24(27)28)22-18(32-33)8-9-20(31-22)35-12-19(25)26/h2-11,19,24,29-30H,12H2,1H3/b14-11-,29-17?. The number of hydrogen-bond donors (Lipinski definition) is 2. The van der Waals surface area contributed by atoms with Gasteiger partial charge in [-0.25, -0.2) is 13.8 Å². The second-order valence-corrected chi connectivity index (χ2v) is 7.42. The number of allylic oxidation sites excluding steroid dienone is 5. The minimum absolute atomic E-state index is 0.0418. The van der Waals surface area contributed by atoms with Crippen LogP contribution in [0.4, 0.5) is 17.6 Å². The highest BCUT2D eigenvalue weighted by Crippen LogP contribution is 2.28. The van der Waals surface area contributed by atoms with Crippen molar-refractivity contribution in [1.29, 1.82) is 5.41 Å². The van der Waals surface area contributed by atoms with Crippen molar-refractivity contribution in [3.8, 4) is 22.8 Å². The summed E-state index contributed by atoms with van der Waals surface area (Å²) in [5.74, 6) is -0.246. The smallest absolute Gasteiger partial charge is 0.387 e. The molecule has 0 atom stereocenters. The maximum absolute atomic E-state index is 13.7. The molecule has 0 amide bonds. The number of hydrogen-bond acceptors (Lipinski definition) is 7. The van der Waals surface area contributed by atoms with E-state index in [4.69, 9.17) is 10.1 Å². The van der Waals surface area contributed by atoms with E-state index >= 15 is 0 Å². The molecule has 0 saturated heterocycles. The lowest BCUT2D eigenvalue weighted by Crippen LogP contribution is -2.25. The molecule has 1 aliphatic carbocycles. The minimum atomic E-state index is -3.02. The molecular weight excluding hydrogens is 482 g/mol. The Labute approximate surface area is 201 Å². The highest BCUT2D eigenvalue weighted by molar-refractivity contribution is 6.12. The molecule has 0 spiro atoms. The van der Waals surface area contributed by atoms with Crippen LogP contribution in [-0.2, 0) is 0 Å². The highest BCUT2D eigenvalue weighted by Gasteiger charge is 2.20. The van der Waals surface area contributed by atoms with E-state index in [0.29, 0.717) is 16.8 Å². The maximum atomic E-state index is 13.7. The number of aromatic nitrogens is 3. The molecule has 4 rings (SSSR count). The minimum Gasteiger partial charge on any atom is -0.472 e. The lowest BCUT2D eigenvalue weighted by Gasteiger charge is -2.15. The first-order valence-corrected chi connectivity index (χ1v) is 10.5. The molecule has 2 N–H and O–H groups in total. The Morgan fingerprint density at radius 2 is 1.86 bits per heavy atom. The average Bonchev–Trinajstić information content (AvgIpc) is 2.84. The molecule has 0 unspecified atom stereocenters. The van der Waals surface area contributed by atoms with Crippen LogP contribution >= 0.6 is 0 Å². The van der Waals surface area contributed by atoms with E-state index in [-0.39, 0.29) is 33.9 Å². The second-order valence-electron chi connectivity index (χ2n) is 7.42. The van der Waals surface area contributed by atoms with Gasteiger partial charge in [-0.05, 0) is 42.0 Å². The van der Waals surface area contributed by atoms with Crippen molar-refractivity contribution in [2.45, 2.75) is 13.0 Å². The van der Waals surface area contributed by atoms with Gasteiger partial charge >= 0.3 is 6.61 Å². The number of benzene rings is 1. The lowest BCUT2D eigenvalue weighted by molar-refractivity contribution is -0.0498. The Hall–Kier alpha value is -4.48. The topological polar surface area (TPSA) is 102 Å². The normalized spacial score (nSPS) is 14.6. The quantitative estimate of drug-likeness (QED) is 0.448. The van der Waals surface area contributed by atoms with Crippen LogP contribution in [0, 0.1) is 5.41 Å². The zero-order chi connectivity index (χ0) is 25.8. The third kappa shape index (κ3) is 5.27. The van der Waals surface area contributed by atoms with Gasteiger partial charge in [0.05, 0.1) is 17.0 Å². The van der Waals surface area contributed by atoms with Gasteiger partial charge in [-0.15, -0.1) is 0 Å². The lowest BCUT2D eigenvalue weighted by atomic mass is 10.0. The molecule has 0 bridgehead atoms. The molecule has 12 heteroatoms. The first kappa shape index (κ1) is 24.6. The molecular formula is C24H19F4N5O3. The van der Waals surface area contributed by atoms with Gasteiger partial charge in [0, 0.05) is 24.9 Å². The second kappa shape index (κ2) is 10.4. The van der Waals surface area contributed by atoms with Crippen LogP contribution < -0.4 is 20.3 Å². The van der Waals surface area contributed by atoms with Crippen LogP contribution in [0.1, 0.15) is 0 Å². The number of halogens is 4. The number of nitrogens with one attached hydrogen (secondary N) is 2. The van der Waals surface area contributed by atoms with E-state index in [9.17, 15) is 22.4 Å². The van der Waals surface area contributed by atoms with E-state index in [1.807, 2.05) is 0 Å². The molecule has 1 aromatic carbocycles. The largest absolute Gasteiger partial charge is 0.472 e. The van der Waals surface area contributed by atoms with Crippen molar-refractivity contribution in [2.24, 2.45) is 0 Å². The van der Waals surface area contributed by atoms with Crippen LogP contribution in [0.2, 0.25) is 0 Å². The first-order chi connectivity index (χ1) is 17.3. The number of pyridine rings is 1. The summed E-state index contributed by atoms with van der Waals surface area (Å²) in [6, 6.07) is 8.16. The van der Waals surface area contributed by atoms with Crippen LogP contribution in [0.15, 0.2) is 71.2 Å². The maximum Gasteiger partial charge on any atom is 0.387 e. The Kier molecular flexibility index (Phi) is 7.13. The van der Waals surface area contributed by atoms with Gasteiger partial charge in [-0.1, -0.05) is 12.1 Å². The number of rotatable bonds is 8. The monoisotopic (exact) mass is 501 g/mol. The van der Waals surface area contributed by atoms with Crippen molar-refractivity contribution in [2.75, 3.05) is 13.7 Å². The third-order valence-electron chi connectivity index (χ3n) is 5.00. The number of ether oxygens (including phenoxy) is 2. The molecule has 0 radical (unpaired) electrons. The summed E-state index contributed by atoms with van der Waals surface area (Å²) in [6.07, 6.45) is 3.52. The van der Waals surface area contributed by atoms with E-state index < -0.39 is 25.2 Å². The van der Waals surface area contributed by atoms with Crippen LogP contribution in [0.25, 0.3) is 27.9 Å². The van der Waals surface area contributed by atoms with Crippen LogP contribution in [0.5, 0.6) is 11.6 Å². The van der Waals surface area contributed by atoms with Crippen molar-refractivity contribution in [1.82, 2.24) is 20.1 Å². The van der Waals surface area contributed by atoms with Gasteiger partial charge in [0.2, 0.25) is 5.88 Å². The summed E-state index contributed by atoms with van der Waals surface area (Å²) in [5.41, 5.74) is 1.14. The SMILES string of the molecule is CN/C=C1/C=C(n2nc3ccc(OCC(F)F)nc3c(-c3ccc(OC(F)F)cc3)c2=O)C=CC1=N. The van der Waals surface area contributed by atoms with Crippen molar-refractivity contribution >= 4 is 22.4 Å². The Balaban J connectivity index is 1.91. The zero-order valence-electron chi connectivity index (χ0n) is 18.7. The molecule has 186 valence electrons. The Bertz CT molecular complexity index is 1450. The van der Waals surface area contributed by atoms with E-state index in [2.05, 4.69) is 20.1 Å². The molecule has 1 aliphatic rings. The van der Waals surface area contributed by atoms with E-state index in [1.54, 1.807) is 25.4 Å². The molecule has 2 heterocycles. The summed E-state index contributed by atoms with van der Waals surface area (Å²) >= 11 is 0. The summed E-state index contributed by atoms with van der Waals surface area (Å²) in [4.78, 5) is 17.9. The average molecular weight is 501 g/mol. The predicted octanol–water partition coefficient (Wildman–Crippen LogP) is 4.24. The molecule has 0 saturated carbocycles. The zero-order valence-corrected chi connectivity index (χ0v) is 18.7. The highest BCUT2D eigenvalue weighted by atomic mass is 19.3. The summed E-state index contributed by atoms with van der Waals surface area (Å²) < 4.78 is 60.9. The van der Waals surface area contributed by atoms with E-state index in [0.717, 1.165) is 4.68 Å². The van der Waals surface area contributed by atoms with Gasteiger partial charge in [0.25, 0.3) is 12.0 Å². The van der Waals surface area contributed by atoms with Gasteiger partial charge in [0.15, 0.2) is 6.61 Å². The van der Waals surface area contributed by atoms with E-state index in [1.165, 1.54) is 42.5 Å². The van der Waals surface area contributed by atoms with Gasteiger partial charge < -0.3 is 20.2 Å².